The number of hydrogen-bond donors (Lipinski definition) is 0. The van der Waals surface area contributed by atoms with Crippen molar-refractivity contribution < 1.29 is 9.53 Å². The summed E-state index contributed by atoms with van der Waals surface area (Å²) in [6.07, 6.45) is 9.33. The topological polar surface area (TPSA) is 29.5 Å². The summed E-state index contributed by atoms with van der Waals surface area (Å²) in [5.74, 6) is 2.33. The molecule has 0 fully saturated rings. The van der Waals surface area contributed by atoms with Crippen LogP contribution < -0.4 is 0 Å². The van der Waals surface area contributed by atoms with Gasteiger partial charge in [0, 0.05) is 6.04 Å². The van der Waals surface area contributed by atoms with Crippen molar-refractivity contribution in [2.24, 2.45) is 0 Å². The number of esters is 1. The third kappa shape index (κ3) is 5.07. The van der Waals surface area contributed by atoms with Gasteiger partial charge in [-0.1, -0.05) is 78.7 Å². The van der Waals surface area contributed by atoms with Crippen LogP contribution in [0.25, 0.3) is 6.08 Å². The van der Waals surface area contributed by atoms with Crippen molar-refractivity contribution in [1.82, 2.24) is 4.90 Å². The Kier molecular flexibility index (Phi) is 7.00. The van der Waals surface area contributed by atoms with Crippen molar-refractivity contribution in [3.05, 3.63) is 77.9 Å². The average Bonchev–Trinajstić information content (AvgIpc) is 2.68. The summed E-state index contributed by atoms with van der Waals surface area (Å²) in [5, 5.41) is 0. The highest BCUT2D eigenvalue weighted by Gasteiger charge is 2.28. The molecule has 0 bridgehead atoms. The third-order valence-electron chi connectivity index (χ3n) is 4.12. The van der Waals surface area contributed by atoms with E-state index in [-0.39, 0.29) is 12.0 Å². The van der Waals surface area contributed by atoms with Crippen LogP contribution in [0, 0.1) is 12.3 Å². The SMILES string of the molecule is C#CCN([C@H](/C=C\c1ccccc1)C(=O)OC)[C@@H](C)c1ccccc1. The highest BCUT2D eigenvalue weighted by molar-refractivity contribution is 5.79. The van der Waals surface area contributed by atoms with E-state index < -0.39 is 6.04 Å². The van der Waals surface area contributed by atoms with Gasteiger partial charge in [0.15, 0.2) is 0 Å². The quantitative estimate of drug-likeness (QED) is 0.568. The second-order valence-electron chi connectivity index (χ2n) is 5.70. The Morgan fingerprint density at radius 1 is 1.16 bits per heavy atom. The fourth-order valence-corrected chi connectivity index (χ4v) is 2.72. The summed E-state index contributed by atoms with van der Waals surface area (Å²) in [7, 11) is 1.40. The number of hydrogen-bond acceptors (Lipinski definition) is 3. The van der Waals surface area contributed by atoms with E-state index >= 15 is 0 Å². The fourth-order valence-electron chi connectivity index (χ4n) is 2.72. The summed E-state index contributed by atoms with van der Waals surface area (Å²) < 4.78 is 5.01. The lowest BCUT2D eigenvalue weighted by atomic mass is 10.0. The number of rotatable bonds is 7. The van der Waals surface area contributed by atoms with E-state index in [9.17, 15) is 4.79 Å². The molecule has 2 aromatic rings. The number of methoxy groups -OCH3 is 1. The van der Waals surface area contributed by atoms with Crippen LogP contribution in [0.2, 0.25) is 0 Å². The van der Waals surface area contributed by atoms with E-state index in [4.69, 9.17) is 11.2 Å². The van der Waals surface area contributed by atoms with Crippen molar-refractivity contribution in [1.29, 1.82) is 0 Å². The van der Waals surface area contributed by atoms with E-state index in [1.807, 2.05) is 84.6 Å². The van der Waals surface area contributed by atoms with E-state index in [2.05, 4.69) is 5.92 Å². The zero-order chi connectivity index (χ0) is 18.1. The Morgan fingerprint density at radius 3 is 2.32 bits per heavy atom. The van der Waals surface area contributed by atoms with Crippen LogP contribution in [-0.4, -0.2) is 30.6 Å². The Morgan fingerprint density at radius 2 is 1.76 bits per heavy atom. The number of nitrogens with zero attached hydrogens (tertiary/aromatic N) is 1. The first kappa shape index (κ1) is 18.5. The molecule has 0 heterocycles. The van der Waals surface area contributed by atoms with Gasteiger partial charge in [0.25, 0.3) is 0 Å². The first-order valence-electron chi connectivity index (χ1n) is 8.22. The molecule has 0 saturated carbocycles. The number of benzene rings is 2. The van der Waals surface area contributed by atoms with Crippen molar-refractivity contribution in [3.8, 4) is 12.3 Å². The molecule has 0 spiro atoms. The fraction of sp³-hybridized carbons (Fsp3) is 0.227. The number of carbonyl (C=O) groups is 1. The van der Waals surface area contributed by atoms with Crippen molar-refractivity contribution in [2.45, 2.75) is 19.0 Å². The maximum Gasteiger partial charge on any atom is 0.327 e. The minimum atomic E-state index is -0.559. The second-order valence-corrected chi connectivity index (χ2v) is 5.70. The Labute approximate surface area is 149 Å². The van der Waals surface area contributed by atoms with Crippen molar-refractivity contribution >= 4 is 12.0 Å². The molecule has 3 heteroatoms. The zero-order valence-corrected chi connectivity index (χ0v) is 14.6. The molecule has 0 radical (unpaired) electrons. The van der Waals surface area contributed by atoms with Crippen LogP contribution in [0.1, 0.15) is 24.1 Å². The third-order valence-corrected chi connectivity index (χ3v) is 4.12. The minimum Gasteiger partial charge on any atom is -0.468 e. The van der Waals surface area contributed by atoms with Crippen LogP contribution >= 0.6 is 0 Å². The van der Waals surface area contributed by atoms with Gasteiger partial charge in [0.1, 0.15) is 6.04 Å². The van der Waals surface area contributed by atoms with Crippen LogP contribution in [-0.2, 0) is 9.53 Å². The molecule has 25 heavy (non-hydrogen) atoms. The van der Waals surface area contributed by atoms with Gasteiger partial charge in [0.05, 0.1) is 13.7 Å². The molecule has 0 aliphatic carbocycles. The molecule has 2 atom stereocenters. The maximum absolute atomic E-state index is 12.4. The monoisotopic (exact) mass is 333 g/mol. The maximum atomic E-state index is 12.4. The summed E-state index contributed by atoms with van der Waals surface area (Å²) >= 11 is 0. The molecule has 0 aliphatic rings. The molecular weight excluding hydrogens is 310 g/mol. The number of carbonyl (C=O) groups excluding carboxylic acids is 1. The Balaban J connectivity index is 2.33. The molecule has 2 aromatic carbocycles. The summed E-state index contributed by atoms with van der Waals surface area (Å²) in [4.78, 5) is 14.4. The van der Waals surface area contributed by atoms with Crippen LogP contribution in [0.5, 0.6) is 0 Å². The van der Waals surface area contributed by atoms with Crippen LogP contribution in [0.15, 0.2) is 66.7 Å². The Bertz CT molecular complexity index is 732. The molecule has 3 nitrogen and oxygen atoms in total. The van der Waals surface area contributed by atoms with E-state index in [0.29, 0.717) is 6.54 Å². The van der Waals surface area contributed by atoms with Gasteiger partial charge in [-0.3, -0.25) is 9.69 Å². The summed E-state index contributed by atoms with van der Waals surface area (Å²) in [5.41, 5.74) is 2.11. The number of terminal acetylenes is 1. The first-order chi connectivity index (χ1) is 12.2. The first-order valence-corrected chi connectivity index (χ1v) is 8.22. The largest absolute Gasteiger partial charge is 0.468 e. The van der Waals surface area contributed by atoms with E-state index in [1.54, 1.807) is 0 Å². The molecule has 0 amide bonds. The van der Waals surface area contributed by atoms with Crippen LogP contribution in [0.3, 0.4) is 0 Å². The predicted molar refractivity (Wildman–Crippen MR) is 102 cm³/mol. The molecule has 0 aromatic heterocycles. The van der Waals surface area contributed by atoms with Gasteiger partial charge >= 0.3 is 5.97 Å². The molecular formula is C22H23NO2. The van der Waals surface area contributed by atoms with Gasteiger partial charge in [-0.05, 0) is 18.1 Å². The second kappa shape index (κ2) is 9.46. The predicted octanol–water partition coefficient (Wildman–Crippen LogP) is 3.94. The number of ether oxygens (including phenoxy) is 1. The minimum absolute atomic E-state index is 0.0261. The van der Waals surface area contributed by atoms with Gasteiger partial charge < -0.3 is 4.74 Å². The molecule has 2 rings (SSSR count). The van der Waals surface area contributed by atoms with Crippen LogP contribution in [0.4, 0.5) is 0 Å². The van der Waals surface area contributed by atoms with E-state index in [0.717, 1.165) is 11.1 Å². The lowest BCUT2D eigenvalue weighted by Crippen LogP contribution is -2.42. The lowest BCUT2D eigenvalue weighted by Gasteiger charge is -2.32. The molecule has 0 N–H and O–H groups in total. The van der Waals surface area contributed by atoms with Gasteiger partial charge in [0.2, 0.25) is 0 Å². The van der Waals surface area contributed by atoms with Gasteiger partial charge in [-0.25, -0.2) is 0 Å². The highest BCUT2D eigenvalue weighted by Crippen LogP contribution is 2.23. The normalized spacial score (nSPS) is 13.4. The smallest absolute Gasteiger partial charge is 0.327 e. The molecule has 0 unspecified atom stereocenters. The zero-order valence-electron chi connectivity index (χ0n) is 14.6. The lowest BCUT2D eigenvalue weighted by molar-refractivity contribution is -0.145. The summed E-state index contributed by atoms with van der Waals surface area (Å²) in [6, 6.07) is 19.2. The average molecular weight is 333 g/mol. The van der Waals surface area contributed by atoms with Crippen molar-refractivity contribution in [2.75, 3.05) is 13.7 Å². The molecule has 0 saturated heterocycles. The standard InChI is InChI=1S/C22H23NO2/c1-4-17-23(18(2)20-13-9-6-10-14-20)21(22(24)25-3)16-15-19-11-7-5-8-12-19/h1,5-16,18,21H,17H2,2-3H3/b16-15-/t18-,21+/m0/s1. The molecule has 128 valence electrons. The van der Waals surface area contributed by atoms with Gasteiger partial charge in [-0.15, -0.1) is 6.42 Å². The van der Waals surface area contributed by atoms with Gasteiger partial charge in [-0.2, -0.15) is 0 Å². The highest BCUT2D eigenvalue weighted by atomic mass is 16.5. The van der Waals surface area contributed by atoms with Crippen molar-refractivity contribution in [3.63, 3.8) is 0 Å². The molecule has 0 aliphatic heterocycles. The Hall–Kier alpha value is -2.83. The summed E-state index contributed by atoms with van der Waals surface area (Å²) in [6.45, 7) is 2.38. The van der Waals surface area contributed by atoms with E-state index in [1.165, 1.54) is 7.11 Å².